The number of ether oxygens (including phenoxy) is 1. The average molecular weight is 236 g/mol. The van der Waals surface area contributed by atoms with E-state index in [1.54, 1.807) is 6.07 Å². The molecule has 0 aromatic carbocycles. The average Bonchev–Trinajstić information content (AvgIpc) is 2.82. The van der Waals surface area contributed by atoms with Crippen LogP contribution in [-0.2, 0) is 4.74 Å². The first kappa shape index (κ1) is 11.9. The van der Waals surface area contributed by atoms with Gasteiger partial charge in [0.25, 0.3) is 5.91 Å². The normalized spacial score (nSPS) is 21.1. The first-order valence-electron chi connectivity index (χ1n) is 5.78. The van der Waals surface area contributed by atoms with E-state index in [2.05, 4.69) is 10.3 Å². The van der Waals surface area contributed by atoms with Gasteiger partial charge in [-0.3, -0.25) is 9.59 Å². The lowest BCUT2D eigenvalue weighted by atomic mass is 10.1. The number of carbonyl (C=O) groups excluding carboxylic acids is 1. The van der Waals surface area contributed by atoms with Crippen LogP contribution >= 0.6 is 0 Å². The third-order valence-corrected chi connectivity index (χ3v) is 2.92. The summed E-state index contributed by atoms with van der Waals surface area (Å²) in [5, 5.41) is 2.85. The molecule has 2 atom stereocenters. The first-order chi connectivity index (χ1) is 8.16. The molecule has 1 aliphatic heterocycles. The zero-order chi connectivity index (χ0) is 12.3. The topological polar surface area (TPSA) is 71.2 Å². The fourth-order valence-corrected chi connectivity index (χ4v) is 1.97. The van der Waals surface area contributed by atoms with E-state index in [9.17, 15) is 9.59 Å². The maximum Gasteiger partial charge on any atom is 0.251 e. The van der Waals surface area contributed by atoms with E-state index in [0.29, 0.717) is 5.56 Å². The SMILES string of the molecule is CC(NC(=O)c1cc[nH]c(=O)c1)C1CCCO1. The third-order valence-electron chi connectivity index (χ3n) is 2.92. The Kier molecular flexibility index (Phi) is 3.58. The Hall–Kier alpha value is -1.62. The lowest BCUT2D eigenvalue weighted by molar-refractivity contribution is 0.0712. The lowest BCUT2D eigenvalue weighted by Gasteiger charge is -2.19. The molecule has 1 fully saturated rings. The smallest absolute Gasteiger partial charge is 0.251 e. The van der Waals surface area contributed by atoms with Crippen molar-refractivity contribution in [3.05, 3.63) is 34.2 Å². The molecule has 0 radical (unpaired) electrons. The van der Waals surface area contributed by atoms with Crippen molar-refractivity contribution in [2.24, 2.45) is 0 Å². The van der Waals surface area contributed by atoms with Crippen molar-refractivity contribution in [2.75, 3.05) is 6.61 Å². The van der Waals surface area contributed by atoms with E-state index in [-0.39, 0.29) is 23.6 Å². The van der Waals surface area contributed by atoms with E-state index in [0.717, 1.165) is 19.4 Å². The molecule has 5 heteroatoms. The van der Waals surface area contributed by atoms with Crippen molar-refractivity contribution in [3.8, 4) is 0 Å². The van der Waals surface area contributed by atoms with Gasteiger partial charge in [0.1, 0.15) is 0 Å². The molecule has 1 aromatic rings. The molecule has 17 heavy (non-hydrogen) atoms. The van der Waals surface area contributed by atoms with Crippen LogP contribution in [0.3, 0.4) is 0 Å². The van der Waals surface area contributed by atoms with Gasteiger partial charge in [-0.1, -0.05) is 0 Å². The number of rotatable bonds is 3. The van der Waals surface area contributed by atoms with E-state index in [4.69, 9.17) is 4.74 Å². The molecule has 1 amide bonds. The van der Waals surface area contributed by atoms with Crippen LogP contribution in [0.5, 0.6) is 0 Å². The minimum Gasteiger partial charge on any atom is -0.376 e. The summed E-state index contributed by atoms with van der Waals surface area (Å²) in [7, 11) is 0. The summed E-state index contributed by atoms with van der Waals surface area (Å²) < 4.78 is 5.49. The van der Waals surface area contributed by atoms with Gasteiger partial charge in [0.05, 0.1) is 12.1 Å². The monoisotopic (exact) mass is 236 g/mol. The van der Waals surface area contributed by atoms with Crippen LogP contribution in [0.1, 0.15) is 30.1 Å². The number of nitrogens with one attached hydrogen (secondary N) is 2. The summed E-state index contributed by atoms with van der Waals surface area (Å²) in [6.07, 6.45) is 3.56. The molecule has 1 saturated heterocycles. The van der Waals surface area contributed by atoms with Crippen LogP contribution in [0.25, 0.3) is 0 Å². The molecule has 0 bridgehead atoms. The summed E-state index contributed by atoms with van der Waals surface area (Å²) >= 11 is 0. The Morgan fingerprint density at radius 1 is 1.65 bits per heavy atom. The van der Waals surface area contributed by atoms with Crippen molar-refractivity contribution in [1.29, 1.82) is 0 Å². The first-order valence-corrected chi connectivity index (χ1v) is 5.78. The van der Waals surface area contributed by atoms with Crippen LogP contribution in [0.15, 0.2) is 23.1 Å². The second-order valence-corrected chi connectivity index (χ2v) is 4.26. The molecule has 0 saturated carbocycles. The summed E-state index contributed by atoms with van der Waals surface area (Å²) in [5.41, 5.74) is 0.0982. The highest BCUT2D eigenvalue weighted by Gasteiger charge is 2.23. The number of carbonyl (C=O) groups is 1. The molecule has 5 nitrogen and oxygen atoms in total. The quantitative estimate of drug-likeness (QED) is 0.810. The zero-order valence-electron chi connectivity index (χ0n) is 9.73. The van der Waals surface area contributed by atoms with Crippen LogP contribution in [0.4, 0.5) is 0 Å². The van der Waals surface area contributed by atoms with E-state index >= 15 is 0 Å². The number of H-pyrrole nitrogens is 1. The number of amides is 1. The Labute approximate surface area is 99.2 Å². The predicted octanol–water partition coefficient (Wildman–Crippen LogP) is 0.672. The number of pyridine rings is 1. The minimum atomic E-state index is -0.276. The number of aromatic nitrogens is 1. The van der Waals surface area contributed by atoms with E-state index < -0.39 is 0 Å². The maximum absolute atomic E-state index is 11.8. The molecule has 92 valence electrons. The van der Waals surface area contributed by atoms with Gasteiger partial charge in [-0.2, -0.15) is 0 Å². The van der Waals surface area contributed by atoms with E-state index in [1.807, 2.05) is 6.92 Å². The van der Waals surface area contributed by atoms with Crippen molar-refractivity contribution < 1.29 is 9.53 Å². The van der Waals surface area contributed by atoms with Gasteiger partial charge in [0, 0.05) is 24.4 Å². The molecule has 2 unspecified atom stereocenters. The van der Waals surface area contributed by atoms with Crippen molar-refractivity contribution in [2.45, 2.75) is 31.9 Å². The molecule has 1 aliphatic rings. The second kappa shape index (κ2) is 5.14. The molecule has 2 rings (SSSR count). The summed E-state index contributed by atoms with van der Waals surface area (Å²) in [6, 6.07) is 2.83. The zero-order valence-corrected chi connectivity index (χ0v) is 9.73. The fraction of sp³-hybridized carbons (Fsp3) is 0.500. The van der Waals surface area contributed by atoms with Gasteiger partial charge in [-0.05, 0) is 25.8 Å². The minimum absolute atomic E-state index is 0.0377. The van der Waals surface area contributed by atoms with Gasteiger partial charge in [0.15, 0.2) is 0 Å². The number of hydrogen-bond donors (Lipinski definition) is 2. The third kappa shape index (κ3) is 2.94. The molecule has 0 aliphatic carbocycles. The van der Waals surface area contributed by atoms with E-state index in [1.165, 1.54) is 12.3 Å². The van der Waals surface area contributed by atoms with Gasteiger partial charge >= 0.3 is 0 Å². The lowest BCUT2D eigenvalue weighted by Crippen LogP contribution is -2.41. The molecule has 2 N–H and O–H groups in total. The van der Waals surface area contributed by atoms with Crippen molar-refractivity contribution in [3.63, 3.8) is 0 Å². The second-order valence-electron chi connectivity index (χ2n) is 4.26. The van der Waals surface area contributed by atoms with Gasteiger partial charge in [-0.15, -0.1) is 0 Å². The Balaban J connectivity index is 1.98. The number of hydrogen-bond acceptors (Lipinski definition) is 3. The molecule has 0 spiro atoms. The summed E-state index contributed by atoms with van der Waals surface area (Å²) in [5.74, 6) is -0.237. The highest BCUT2D eigenvalue weighted by molar-refractivity contribution is 5.94. The largest absolute Gasteiger partial charge is 0.376 e. The summed E-state index contributed by atoms with van der Waals surface area (Å²) in [4.78, 5) is 25.4. The maximum atomic E-state index is 11.8. The van der Waals surface area contributed by atoms with Crippen LogP contribution in [-0.4, -0.2) is 29.6 Å². The Bertz CT molecular complexity index is 449. The number of aromatic amines is 1. The van der Waals surface area contributed by atoms with Crippen molar-refractivity contribution >= 4 is 5.91 Å². The molecule has 2 heterocycles. The summed E-state index contributed by atoms with van der Waals surface area (Å²) in [6.45, 7) is 2.68. The Morgan fingerprint density at radius 3 is 3.12 bits per heavy atom. The standard InChI is InChI=1S/C12H16N2O3/c1-8(10-3-2-6-17-10)14-12(16)9-4-5-13-11(15)7-9/h4-5,7-8,10H,2-3,6H2,1H3,(H,13,15)(H,14,16). The van der Waals surface area contributed by atoms with Gasteiger partial charge in [0.2, 0.25) is 5.56 Å². The van der Waals surface area contributed by atoms with Gasteiger partial charge < -0.3 is 15.0 Å². The predicted molar refractivity (Wildman–Crippen MR) is 63.0 cm³/mol. The highest BCUT2D eigenvalue weighted by Crippen LogP contribution is 2.15. The van der Waals surface area contributed by atoms with Crippen LogP contribution in [0, 0.1) is 0 Å². The van der Waals surface area contributed by atoms with Gasteiger partial charge in [-0.25, -0.2) is 0 Å². The van der Waals surface area contributed by atoms with Crippen LogP contribution < -0.4 is 10.9 Å². The molecular formula is C12H16N2O3. The highest BCUT2D eigenvalue weighted by atomic mass is 16.5. The Morgan fingerprint density at radius 2 is 2.47 bits per heavy atom. The molecule has 1 aromatic heterocycles. The van der Waals surface area contributed by atoms with Crippen molar-refractivity contribution in [1.82, 2.24) is 10.3 Å². The molecular weight excluding hydrogens is 220 g/mol. The van der Waals surface area contributed by atoms with Crippen LogP contribution in [0.2, 0.25) is 0 Å². The fourth-order valence-electron chi connectivity index (χ4n) is 1.97.